The maximum absolute atomic E-state index is 15.0. The number of halogens is 1. The molecule has 172 valence electrons. The summed E-state index contributed by atoms with van der Waals surface area (Å²) in [4.78, 5) is 6.47. The largest absolute Gasteiger partial charge is 0.497 e. The number of benzene rings is 2. The fraction of sp³-hybridized carbons (Fsp3) is 0.185. The summed E-state index contributed by atoms with van der Waals surface area (Å²) in [5, 5.41) is 3.88. The molecule has 4 aromatic rings. The van der Waals surface area contributed by atoms with E-state index < -0.39 is 0 Å². The molecule has 0 aliphatic carbocycles. The van der Waals surface area contributed by atoms with Crippen molar-refractivity contribution in [2.24, 2.45) is 0 Å². The SMILES string of the molecule is COc1ccc(-n2c(C)cc([C@H]3[C@H](c4ccccn4)NC(=S)N3c3ccccc3F)c2C)cc1. The summed E-state index contributed by atoms with van der Waals surface area (Å²) < 4.78 is 22.5. The van der Waals surface area contributed by atoms with Crippen LogP contribution in [0.1, 0.15) is 34.7 Å². The van der Waals surface area contributed by atoms with Gasteiger partial charge in [-0.1, -0.05) is 18.2 Å². The standard InChI is InChI=1S/C27H25FN4OS/c1-17-16-21(18(2)31(17)19-11-13-20(33-3)14-12-19)26-25(23-9-6-7-15-29-23)30-27(34)32(26)24-10-5-4-8-22(24)28/h4-16,25-26H,1-3H3,(H,30,34)/t25-,26-/m0/s1. The molecule has 1 fully saturated rings. The average molecular weight is 473 g/mol. The third kappa shape index (κ3) is 3.72. The Bertz CT molecular complexity index is 1340. The lowest BCUT2D eigenvalue weighted by molar-refractivity contribution is 0.414. The van der Waals surface area contributed by atoms with Gasteiger partial charge in [0.15, 0.2) is 5.11 Å². The number of ether oxygens (including phenoxy) is 1. The van der Waals surface area contributed by atoms with E-state index in [0.29, 0.717) is 10.8 Å². The summed E-state index contributed by atoms with van der Waals surface area (Å²) in [7, 11) is 1.66. The lowest BCUT2D eigenvalue weighted by Gasteiger charge is -2.28. The summed E-state index contributed by atoms with van der Waals surface area (Å²) in [5.41, 5.74) is 5.51. The maximum atomic E-state index is 15.0. The second-order valence-electron chi connectivity index (χ2n) is 8.31. The number of pyridine rings is 1. The number of rotatable bonds is 5. The molecule has 0 radical (unpaired) electrons. The third-order valence-electron chi connectivity index (χ3n) is 6.33. The second kappa shape index (κ2) is 8.91. The molecule has 0 spiro atoms. The van der Waals surface area contributed by atoms with Crippen LogP contribution in [0.25, 0.3) is 5.69 Å². The quantitative estimate of drug-likeness (QED) is 0.371. The molecule has 7 heteroatoms. The van der Waals surface area contributed by atoms with Gasteiger partial charge >= 0.3 is 0 Å². The first-order valence-corrected chi connectivity index (χ1v) is 11.5. The van der Waals surface area contributed by atoms with Crippen molar-refractivity contribution in [2.75, 3.05) is 12.0 Å². The number of hydrogen-bond donors (Lipinski definition) is 1. The highest BCUT2D eigenvalue weighted by molar-refractivity contribution is 7.80. The maximum Gasteiger partial charge on any atom is 0.174 e. The van der Waals surface area contributed by atoms with Crippen LogP contribution in [-0.2, 0) is 0 Å². The van der Waals surface area contributed by atoms with Gasteiger partial charge in [0, 0.05) is 23.3 Å². The molecule has 2 aromatic heterocycles. The van der Waals surface area contributed by atoms with Gasteiger partial charge in [0.1, 0.15) is 11.6 Å². The van der Waals surface area contributed by atoms with E-state index in [1.165, 1.54) is 6.07 Å². The van der Waals surface area contributed by atoms with Gasteiger partial charge in [0.25, 0.3) is 0 Å². The van der Waals surface area contributed by atoms with E-state index in [0.717, 1.165) is 34.1 Å². The van der Waals surface area contributed by atoms with E-state index in [-0.39, 0.29) is 17.9 Å². The van der Waals surface area contributed by atoms with Crippen LogP contribution >= 0.6 is 12.2 Å². The Morgan fingerprint density at radius 2 is 1.74 bits per heavy atom. The molecule has 2 aromatic carbocycles. The van der Waals surface area contributed by atoms with E-state index in [4.69, 9.17) is 17.0 Å². The van der Waals surface area contributed by atoms with Crippen molar-refractivity contribution in [3.8, 4) is 11.4 Å². The molecular weight excluding hydrogens is 447 g/mol. The lowest BCUT2D eigenvalue weighted by atomic mass is 9.96. The summed E-state index contributed by atoms with van der Waals surface area (Å²) in [6.07, 6.45) is 1.77. The topological polar surface area (TPSA) is 42.3 Å². The molecule has 2 atom stereocenters. The molecule has 1 aliphatic rings. The fourth-order valence-electron chi connectivity index (χ4n) is 4.79. The zero-order valence-electron chi connectivity index (χ0n) is 19.2. The number of aryl methyl sites for hydroxylation is 1. The molecular formula is C27H25FN4OS. The molecule has 5 nitrogen and oxygen atoms in total. The van der Waals surface area contributed by atoms with Gasteiger partial charge in [-0.3, -0.25) is 4.98 Å². The van der Waals surface area contributed by atoms with Crippen LogP contribution in [0.3, 0.4) is 0 Å². The van der Waals surface area contributed by atoms with Gasteiger partial charge in [0.2, 0.25) is 0 Å². The van der Waals surface area contributed by atoms with E-state index in [1.54, 1.807) is 25.4 Å². The number of hydrogen-bond acceptors (Lipinski definition) is 3. The molecule has 0 amide bonds. The van der Waals surface area contributed by atoms with E-state index in [9.17, 15) is 4.39 Å². The van der Waals surface area contributed by atoms with Gasteiger partial charge in [-0.25, -0.2) is 4.39 Å². The number of para-hydroxylation sites is 1. The van der Waals surface area contributed by atoms with Gasteiger partial charge < -0.3 is 19.5 Å². The van der Waals surface area contributed by atoms with Crippen LogP contribution in [0.5, 0.6) is 5.75 Å². The number of methoxy groups -OCH3 is 1. The van der Waals surface area contributed by atoms with Crippen molar-refractivity contribution in [3.63, 3.8) is 0 Å². The van der Waals surface area contributed by atoms with Crippen molar-refractivity contribution in [1.29, 1.82) is 0 Å². The monoisotopic (exact) mass is 472 g/mol. The van der Waals surface area contributed by atoms with Crippen molar-refractivity contribution >= 4 is 23.0 Å². The molecule has 0 unspecified atom stereocenters. The highest BCUT2D eigenvalue weighted by Gasteiger charge is 2.43. The molecule has 1 N–H and O–H groups in total. The minimum Gasteiger partial charge on any atom is -0.497 e. The van der Waals surface area contributed by atoms with Gasteiger partial charge in [-0.15, -0.1) is 0 Å². The Labute approximate surface area is 203 Å². The van der Waals surface area contributed by atoms with E-state index >= 15 is 0 Å². The highest BCUT2D eigenvalue weighted by Crippen LogP contribution is 2.44. The number of aromatic nitrogens is 2. The van der Waals surface area contributed by atoms with Crippen molar-refractivity contribution < 1.29 is 9.13 Å². The Morgan fingerprint density at radius 3 is 2.41 bits per heavy atom. The first-order valence-electron chi connectivity index (χ1n) is 11.1. The molecule has 0 bridgehead atoms. The zero-order valence-corrected chi connectivity index (χ0v) is 20.0. The fourth-order valence-corrected chi connectivity index (χ4v) is 5.13. The highest BCUT2D eigenvalue weighted by atomic mass is 32.1. The van der Waals surface area contributed by atoms with Crippen molar-refractivity contribution in [3.05, 3.63) is 107 Å². The Morgan fingerprint density at radius 1 is 1.00 bits per heavy atom. The van der Waals surface area contributed by atoms with Crippen LogP contribution in [0, 0.1) is 19.7 Å². The van der Waals surface area contributed by atoms with Crippen LogP contribution in [0.4, 0.5) is 10.1 Å². The predicted octanol–water partition coefficient (Wildman–Crippen LogP) is 5.81. The lowest BCUT2D eigenvalue weighted by Crippen LogP contribution is -2.30. The summed E-state index contributed by atoms with van der Waals surface area (Å²) in [5.74, 6) is 0.486. The molecule has 1 aliphatic heterocycles. The van der Waals surface area contributed by atoms with E-state index in [1.807, 2.05) is 53.4 Å². The second-order valence-corrected chi connectivity index (χ2v) is 8.69. The Hall–Kier alpha value is -3.71. The first kappa shape index (κ1) is 22.1. The smallest absolute Gasteiger partial charge is 0.174 e. The van der Waals surface area contributed by atoms with Crippen LogP contribution < -0.4 is 15.0 Å². The minimum atomic E-state index is -0.317. The van der Waals surface area contributed by atoms with Gasteiger partial charge in [-0.2, -0.15) is 0 Å². The zero-order chi connectivity index (χ0) is 23.8. The summed E-state index contributed by atoms with van der Waals surface area (Å²) in [6, 6.07) is 22.1. The van der Waals surface area contributed by atoms with Gasteiger partial charge in [0.05, 0.1) is 30.6 Å². The Kier molecular flexibility index (Phi) is 5.79. The number of nitrogens with one attached hydrogen (secondary N) is 1. The molecule has 0 saturated carbocycles. The summed E-state index contributed by atoms with van der Waals surface area (Å²) >= 11 is 5.74. The predicted molar refractivity (Wildman–Crippen MR) is 136 cm³/mol. The third-order valence-corrected chi connectivity index (χ3v) is 6.64. The van der Waals surface area contributed by atoms with Crippen molar-refractivity contribution in [1.82, 2.24) is 14.9 Å². The molecule has 1 saturated heterocycles. The number of nitrogens with zero attached hydrogens (tertiary/aromatic N) is 3. The number of thiocarbonyl (C=S) groups is 1. The first-order chi connectivity index (χ1) is 16.5. The van der Waals surface area contributed by atoms with E-state index in [2.05, 4.69) is 34.8 Å². The molecule has 3 heterocycles. The number of anilines is 1. The van der Waals surface area contributed by atoms with Crippen LogP contribution in [-0.4, -0.2) is 21.8 Å². The van der Waals surface area contributed by atoms with Gasteiger partial charge in [-0.05, 0) is 86.2 Å². The normalized spacial score (nSPS) is 17.6. The average Bonchev–Trinajstić information content (AvgIpc) is 3.35. The molecule has 5 rings (SSSR count). The van der Waals surface area contributed by atoms with Crippen molar-refractivity contribution in [2.45, 2.75) is 25.9 Å². The summed E-state index contributed by atoms with van der Waals surface area (Å²) in [6.45, 7) is 4.16. The molecule has 34 heavy (non-hydrogen) atoms. The van der Waals surface area contributed by atoms with Crippen LogP contribution in [0.2, 0.25) is 0 Å². The minimum absolute atomic E-state index is 0.238. The Balaban J connectivity index is 1.67. The van der Waals surface area contributed by atoms with Crippen LogP contribution in [0.15, 0.2) is 79.0 Å².